The fraction of sp³-hybridized carbons (Fsp3) is 0.114. The number of nitrogens with one attached hydrogen (secondary N) is 1. The molecule has 5 aromatic rings. The molecule has 5 aromatic carbocycles. The number of carbonyl (C=O) groups is 1. The van der Waals surface area contributed by atoms with Crippen molar-refractivity contribution in [2.45, 2.75) is 26.2 Å². The maximum atomic E-state index is 14.4. The number of benzene rings is 5. The summed E-state index contributed by atoms with van der Waals surface area (Å²) < 4.78 is 4.46. The van der Waals surface area contributed by atoms with E-state index < -0.39 is 21.8 Å². The van der Waals surface area contributed by atoms with Crippen LogP contribution in [0.15, 0.2) is 127 Å². The van der Waals surface area contributed by atoms with Crippen molar-refractivity contribution in [1.29, 1.82) is 0 Å². The fourth-order valence-electron chi connectivity index (χ4n) is 6.43. The monoisotopic (exact) mass is 670 g/mol. The average Bonchev–Trinajstić information content (AvgIpc) is 3.37. The third-order valence-electron chi connectivity index (χ3n) is 8.29. The first-order chi connectivity index (χ1) is 19.8. The van der Waals surface area contributed by atoms with Crippen molar-refractivity contribution >= 4 is 42.5 Å². The molecule has 41 heavy (non-hydrogen) atoms. The molecular weight excluding hydrogens is 641 g/mol. The summed E-state index contributed by atoms with van der Waals surface area (Å²) in [5.41, 5.74) is 6.39. The summed E-state index contributed by atoms with van der Waals surface area (Å²) in [5.74, 6) is -2.48. The van der Waals surface area contributed by atoms with Gasteiger partial charge in [-0.1, -0.05) is 0 Å². The molecule has 0 fully saturated rings. The van der Waals surface area contributed by atoms with E-state index >= 15 is 0 Å². The van der Waals surface area contributed by atoms with Crippen LogP contribution < -0.4 is 16.9 Å². The minimum absolute atomic E-state index is 0.176. The molecule has 0 radical (unpaired) electrons. The summed E-state index contributed by atoms with van der Waals surface area (Å²) in [5, 5.41) is 2.25. The molecule has 2 nitrogen and oxygen atoms in total. The Morgan fingerprint density at radius 3 is 1.93 bits per heavy atom. The summed E-state index contributed by atoms with van der Waals surface area (Å²) >= 11 is -5.55. The van der Waals surface area contributed by atoms with Gasteiger partial charge in [-0.05, 0) is 0 Å². The van der Waals surface area contributed by atoms with E-state index in [1.807, 2.05) is 60.7 Å². The topological polar surface area (TPSA) is 29.1 Å². The second-order valence-corrected chi connectivity index (χ2v) is 46.5. The molecule has 0 bridgehead atoms. The molecular formula is C35H32Cl2NOSiZr. The molecule has 1 amide bonds. The zero-order valence-corrected chi connectivity index (χ0v) is 28.3. The fourth-order valence-corrected chi connectivity index (χ4v) is 43.5. The molecule has 6 heteroatoms. The van der Waals surface area contributed by atoms with E-state index in [0.29, 0.717) is 5.56 Å². The van der Waals surface area contributed by atoms with Gasteiger partial charge < -0.3 is 0 Å². The Morgan fingerprint density at radius 2 is 1.27 bits per heavy atom. The number of rotatable bonds is 7. The quantitative estimate of drug-likeness (QED) is 0.184. The molecule has 0 saturated heterocycles. The Kier molecular flexibility index (Phi) is 7.72. The average molecular weight is 673 g/mol. The number of fused-ring (bicyclic) bond motifs is 3. The van der Waals surface area contributed by atoms with Gasteiger partial charge in [-0.2, -0.15) is 0 Å². The third kappa shape index (κ3) is 5.10. The SMILES string of the molecule is CC(C)c1ccccc1C(=O)[NH][Zr]([Cl])([Cl])([c]1cccc2c1Cc1ccccc1-2)[SiH](c1ccccc1)c1ccccc1. The number of amides is 1. The maximum absolute atomic E-state index is 14.4. The van der Waals surface area contributed by atoms with Crippen LogP contribution in [0.1, 0.15) is 46.8 Å². The second-order valence-electron chi connectivity index (χ2n) is 11.2. The molecule has 0 aliphatic heterocycles. The van der Waals surface area contributed by atoms with Gasteiger partial charge in [0.05, 0.1) is 0 Å². The van der Waals surface area contributed by atoms with Gasteiger partial charge in [0.15, 0.2) is 0 Å². The number of hydrogen-bond acceptors (Lipinski definition) is 1. The Morgan fingerprint density at radius 1 is 0.707 bits per heavy atom. The van der Waals surface area contributed by atoms with Gasteiger partial charge in [0.25, 0.3) is 0 Å². The summed E-state index contributed by atoms with van der Waals surface area (Å²) in [6.45, 7) is 4.21. The first kappa shape index (κ1) is 28.4. The normalized spacial score (nSPS) is 13.4. The Bertz CT molecular complexity index is 1700. The number of halogens is 2. The summed E-state index contributed by atoms with van der Waals surface area (Å²) in [6.07, 6.45) is 0.744. The Labute approximate surface area is 251 Å². The van der Waals surface area contributed by atoms with Crippen molar-refractivity contribution < 1.29 is 20.6 Å². The van der Waals surface area contributed by atoms with E-state index in [1.54, 1.807) is 0 Å². The van der Waals surface area contributed by atoms with Gasteiger partial charge in [0.1, 0.15) is 0 Å². The van der Waals surface area contributed by atoms with Gasteiger partial charge in [0, 0.05) is 0 Å². The van der Waals surface area contributed by atoms with Crippen molar-refractivity contribution in [2.75, 3.05) is 0 Å². The van der Waals surface area contributed by atoms with E-state index in [4.69, 9.17) is 17.0 Å². The van der Waals surface area contributed by atoms with Crippen LogP contribution in [0, 0.1) is 0 Å². The molecule has 1 N–H and O–H groups in total. The molecule has 1 aliphatic carbocycles. The molecule has 1 aliphatic rings. The number of hydrogen-bond donors (Lipinski definition) is 1. The Hall–Kier alpha value is -2.75. The van der Waals surface area contributed by atoms with Crippen LogP contribution in [-0.2, 0) is 22.3 Å². The van der Waals surface area contributed by atoms with Crippen LogP contribution in [-0.4, -0.2) is 11.8 Å². The molecule has 0 atom stereocenters. The molecule has 0 spiro atoms. The summed E-state index contributed by atoms with van der Waals surface area (Å²) in [4.78, 5) is 14.4. The van der Waals surface area contributed by atoms with Crippen LogP contribution in [0.5, 0.6) is 0 Å². The second kappa shape index (κ2) is 11.2. The van der Waals surface area contributed by atoms with E-state index in [9.17, 15) is 4.79 Å². The van der Waals surface area contributed by atoms with E-state index in [1.165, 1.54) is 11.1 Å². The molecule has 0 heterocycles. The van der Waals surface area contributed by atoms with Gasteiger partial charge in [-0.15, -0.1) is 0 Å². The summed E-state index contributed by atoms with van der Waals surface area (Å²) in [7, 11) is 16.5. The standard InChI is InChI=1S/C13H9.C12H11Si.C10H13NO.2ClH.Zr/c1-3-7-12-10(5-1)9-11-6-2-4-8-13(11)12;1-3-7-11(8-4-1)13-12-9-5-2-6-10-12;1-7(2)8-5-3-4-6-9(8)10(11)12;;;/h1-5,7-8H,9H2;1-10,13H;3-7H,1-2H3,(H2,11,12);2*1H;/q;;;;;+3/p-3. The predicted octanol–water partition coefficient (Wildman–Crippen LogP) is 6.89. The zero-order valence-electron chi connectivity index (χ0n) is 23.2. The summed E-state index contributed by atoms with van der Waals surface area (Å²) in [6, 6.07) is 43.3. The van der Waals surface area contributed by atoms with Crippen LogP contribution in [0.4, 0.5) is 0 Å². The van der Waals surface area contributed by atoms with Crippen LogP contribution >= 0.6 is 17.0 Å². The molecule has 0 aromatic heterocycles. The van der Waals surface area contributed by atoms with Crippen molar-refractivity contribution in [1.82, 2.24) is 3.26 Å². The first-order valence-electron chi connectivity index (χ1n) is 14.1. The zero-order chi connectivity index (χ0) is 28.6. The van der Waals surface area contributed by atoms with Crippen LogP contribution in [0.25, 0.3) is 11.1 Å². The first-order valence-corrected chi connectivity index (χ1v) is 28.8. The van der Waals surface area contributed by atoms with Crippen molar-refractivity contribution in [3.8, 4) is 11.1 Å². The van der Waals surface area contributed by atoms with Crippen molar-refractivity contribution in [3.63, 3.8) is 0 Å². The van der Waals surface area contributed by atoms with E-state index in [2.05, 4.69) is 83.8 Å². The molecule has 0 saturated carbocycles. The van der Waals surface area contributed by atoms with Gasteiger partial charge in [-0.3, -0.25) is 0 Å². The molecule has 0 unspecified atom stereocenters. The van der Waals surface area contributed by atoms with Crippen LogP contribution in [0.2, 0.25) is 0 Å². The van der Waals surface area contributed by atoms with E-state index in [0.717, 1.165) is 36.8 Å². The van der Waals surface area contributed by atoms with Gasteiger partial charge in [0.2, 0.25) is 0 Å². The Balaban J connectivity index is 1.63. The van der Waals surface area contributed by atoms with Gasteiger partial charge in [-0.25, -0.2) is 0 Å². The van der Waals surface area contributed by atoms with E-state index in [-0.39, 0.29) is 11.8 Å². The van der Waals surface area contributed by atoms with Crippen LogP contribution in [0.3, 0.4) is 0 Å². The number of carbonyl (C=O) groups excluding carboxylic acids is 1. The minimum atomic E-state index is -5.55. The van der Waals surface area contributed by atoms with Crippen molar-refractivity contribution in [2.24, 2.45) is 0 Å². The molecule has 205 valence electrons. The van der Waals surface area contributed by atoms with Crippen molar-refractivity contribution in [3.05, 3.63) is 150 Å². The third-order valence-corrected chi connectivity index (χ3v) is 43.0. The van der Waals surface area contributed by atoms with Gasteiger partial charge >= 0.3 is 253 Å². The predicted molar refractivity (Wildman–Crippen MR) is 173 cm³/mol. The molecule has 6 rings (SSSR count).